The van der Waals surface area contributed by atoms with Crippen LogP contribution in [0.25, 0.3) is 0 Å². The molecule has 3 N–H and O–H groups in total. The molecular weight excluding hydrogens is 280 g/mol. The van der Waals surface area contributed by atoms with Crippen LogP contribution in [0, 0.1) is 0 Å². The average molecular weight is 296 g/mol. The van der Waals surface area contributed by atoms with Crippen LogP contribution in [0.15, 0.2) is 40.6 Å². The number of benzene rings is 1. The van der Waals surface area contributed by atoms with Gasteiger partial charge in [0.25, 0.3) is 10.0 Å². The van der Waals surface area contributed by atoms with E-state index in [1.54, 1.807) is 24.3 Å². The lowest BCUT2D eigenvalue weighted by atomic mass is 10.2. The lowest BCUT2D eigenvalue weighted by Gasteiger charge is -2.06. The van der Waals surface area contributed by atoms with E-state index in [0.717, 1.165) is 11.3 Å². The Morgan fingerprint density at radius 1 is 1.16 bits per heavy atom. The fourth-order valence-corrected chi connectivity index (χ4v) is 3.92. The number of thiophene rings is 1. The van der Waals surface area contributed by atoms with Crippen LogP contribution >= 0.6 is 11.3 Å². The van der Waals surface area contributed by atoms with Crippen molar-refractivity contribution in [2.24, 2.45) is 5.73 Å². The summed E-state index contributed by atoms with van der Waals surface area (Å²) in [5.74, 6) is 0. The van der Waals surface area contributed by atoms with Crippen molar-refractivity contribution in [2.45, 2.75) is 24.1 Å². The van der Waals surface area contributed by atoms with Crippen LogP contribution in [0.5, 0.6) is 0 Å². The van der Waals surface area contributed by atoms with Crippen molar-refractivity contribution in [1.82, 2.24) is 0 Å². The summed E-state index contributed by atoms with van der Waals surface area (Å²) < 4.78 is 27.1. The van der Waals surface area contributed by atoms with E-state index >= 15 is 0 Å². The fraction of sp³-hybridized carbons (Fsp3) is 0.231. The molecule has 0 saturated carbocycles. The van der Waals surface area contributed by atoms with Gasteiger partial charge in [-0.3, -0.25) is 4.72 Å². The van der Waals surface area contributed by atoms with E-state index in [2.05, 4.69) is 11.6 Å². The minimum Gasteiger partial charge on any atom is -0.326 e. The molecule has 0 amide bonds. The van der Waals surface area contributed by atoms with Gasteiger partial charge in [-0.25, -0.2) is 8.42 Å². The highest BCUT2D eigenvalue weighted by atomic mass is 32.2. The van der Waals surface area contributed by atoms with Crippen molar-refractivity contribution >= 4 is 27.0 Å². The summed E-state index contributed by atoms with van der Waals surface area (Å²) in [6, 6.07) is 10.7. The van der Waals surface area contributed by atoms with Crippen molar-refractivity contribution in [1.29, 1.82) is 0 Å². The van der Waals surface area contributed by atoms with Crippen LogP contribution in [0.3, 0.4) is 0 Å². The van der Waals surface area contributed by atoms with Crippen LogP contribution < -0.4 is 10.5 Å². The number of nitrogens with one attached hydrogen (secondary N) is 1. The van der Waals surface area contributed by atoms with Gasteiger partial charge in [-0.2, -0.15) is 0 Å². The van der Waals surface area contributed by atoms with Gasteiger partial charge in [0.1, 0.15) is 4.21 Å². The summed E-state index contributed by atoms with van der Waals surface area (Å²) in [7, 11) is -3.51. The second-order valence-corrected chi connectivity index (χ2v) is 7.16. The molecule has 0 radical (unpaired) electrons. The average Bonchev–Trinajstić information content (AvgIpc) is 2.89. The SMILES string of the molecule is CCc1ccc(NS(=O)(=O)c2ccc(CN)s2)cc1. The standard InChI is InChI=1S/C13H16N2O2S2/c1-2-10-3-5-11(6-4-10)15-19(16,17)13-8-7-12(9-14)18-13/h3-8,15H,2,9,14H2,1H3. The van der Waals surface area contributed by atoms with Gasteiger partial charge >= 0.3 is 0 Å². The number of nitrogens with two attached hydrogens (primary N) is 1. The second-order valence-electron chi connectivity index (χ2n) is 4.08. The van der Waals surface area contributed by atoms with Crippen molar-refractivity contribution in [2.75, 3.05) is 4.72 Å². The van der Waals surface area contributed by atoms with E-state index < -0.39 is 10.0 Å². The zero-order valence-electron chi connectivity index (χ0n) is 10.6. The van der Waals surface area contributed by atoms with Gasteiger partial charge in [0.05, 0.1) is 0 Å². The molecule has 0 fully saturated rings. The van der Waals surface area contributed by atoms with Crippen LogP contribution in [-0.2, 0) is 23.0 Å². The number of rotatable bonds is 5. The molecule has 1 aromatic heterocycles. The summed E-state index contributed by atoms with van der Waals surface area (Å²) in [4.78, 5) is 0.849. The van der Waals surface area contributed by atoms with Gasteiger partial charge in [0, 0.05) is 17.1 Å². The highest BCUT2D eigenvalue weighted by Gasteiger charge is 2.16. The van der Waals surface area contributed by atoms with E-state index in [1.807, 2.05) is 12.1 Å². The summed E-state index contributed by atoms with van der Waals surface area (Å²) in [6.45, 7) is 2.41. The van der Waals surface area contributed by atoms with Crippen LogP contribution in [0.2, 0.25) is 0 Å². The Kier molecular flexibility index (Phi) is 4.24. The molecule has 0 spiro atoms. The fourth-order valence-electron chi connectivity index (χ4n) is 1.63. The van der Waals surface area contributed by atoms with E-state index in [0.29, 0.717) is 12.2 Å². The predicted molar refractivity (Wildman–Crippen MR) is 78.8 cm³/mol. The minimum absolute atomic E-state index is 0.285. The summed E-state index contributed by atoms with van der Waals surface area (Å²) >= 11 is 1.19. The first-order valence-electron chi connectivity index (χ1n) is 5.95. The molecule has 2 aromatic rings. The van der Waals surface area contributed by atoms with Crippen molar-refractivity contribution < 1.29 is 8.42 Å². The third-order valence-electron chi connectivity index (χ3n) is 2.72. The van der Waals surface area contributed by atoms with Crippen LogP contribution in [0.4, 0.5) is 5.69 Å². The monoisotopic (exact) mass is 296 g/mol. The Bertz CT molecular complexity index is 646. The quantitative estimate of drug-likeness (QED) is 0.890. The number of hydrogen-bond donors (Lipinski definition) is 2. The molecule has 0 aliphatic heterocycles. The number of anilines is 1. The van der Waals surface area contributed by atoms with Gasteiger partial charge in [-0.05, 0) is 36.2 Å². The molecule has 1 heterocycles. The largest absolute Gasteiger partial charge is 0.326 e. The predicted octanol–water partition coefficient (Wildman–Crippen LogP) is 2.57. The highest BCUT2D eigenvalue weighted by molar-refractivity contribution is 7.94. The first-order valence-corrected chi connectivity index (χ1v) is 8.25. The number of sulfonamides is 1. The smallest absolute Gasteiger partial charge is 0.271 e. The second kappa shape index (κ2) is 5.73. The molecule has 2 rings (SSSR count). The van der Waals surface area contributed by atoms with Gasteiger partial charge in [-0.15, -0.1) is 11.3 Å². The lowest BCUT2D eigenvalue weighted by Crippen LogP contribution is -2.11. The normalized spacial score (nSPS) is 11.5. The number of aryl methyl sites for hydroxylation is 1. The van der Waals surface area contributed by atoms with Crippen molar-refractivity contribution in [3.05, 3.63) is 46.8 Å². The van der Waals surface area contributed by atoms with Gasteiger partial charge in [-0.1, -0.05) is 19.1 Å². The molecule has 4 nitrogen and oxygen atoms in total. The zero-order chi connectivity index (χ0) is 13.9. The molecule has 0 atom stereocenters. The molecule has 19 heavy (non-hydrogen) atoms. The maximum absolute atomic E-state index is 12.1. The van der Waals surface area contributed by atoms with Gasteiger partial charge in [0.15, 0.2) is 0 Å². The topological polar surface area (TPSA) is 72.2 Å². The van der Waals surface area contributed by atoms with Crippen LogP contribution in [0.1, 0.15) is 17.4 Å². The van der Waals surface area contributed by atoms with Gasteiger partial charge < -0.3 is 5.73 Å². The molecule has 102 valence electrons. The number of hydrogen-bond acceptors (Lipinski definition) is 4. The Morgan fingerprint density at radius 3 is 2.37 bits per heavy atom. The maximum atomic E-state index is 12.1. The van der Waals surface area contributed by atoms with Crippen LogP contribution in [-0.4, -0.2) is 8.42 Å². The van der Waals surface area contributed by atoms with Crippen molar-refractivity contribution in [3.63, 3.8) is 0 Å². The van der Waals surface area contributed by atoms with E-state index in [-0.39, 0.29) is 4.21 Å². The Hall–Kier alpha value is -1.37. The molecule has 0 saturated heterocycles. The third-order valence-corrected chi connectivity index (χ3v) is 5.70. The Balaban J connectivity index is 2.20. The lowest BCUT2D eigenvalue weighted by molar-refractivity contribution is 0.603. The molecule has 6 heteroatoms. The maximum Gasteiger partial charge on any atom is 0.271 e. The minimum atomic E-state index is -3.51. The van der Waals surface area contributed by atoms with Gasteiger partial charge in [0.2, 0.25) is 0 Å². The summed E-state index contributed by atoms with van der Waals surface area (Å²) in [5, 5.41) is 0. The Labute approximate surface area is 117 Å². The third kappa shape index (κ3) is 3.34. The summed E-state index contributed by atoms with van der Waals surface area (Å²) in [6.07, 6.45) is 0.928. The van der Waals surface area contributed by atoms with E-state index in [9.17, 15) is 8.42 Å². The molecule has 0 bridgehead atoms. The zero-order valence-corrected chi connectivity index (χ0v) is 12.2. The molecular formula is C13H16N2O2S2. The van der Waals surface area contributed by atoms with E-state index in [1.165, 1.54) is 16.9 Å². The van der Waals surface area contributed by atoms with E-state index in [4.69, 9.17) is 5.73 Å². The first kappa shape index (κ1) is 14.0. The molecule has 0 unspecified atom stereocenters. The molecule has 1 aromatic carbocycles. The first-order chi connectivity index (χ1) is 9.05. The summed E-state index contributed by atoms with van der Waals surface area (Å²) in [5.41, 5.74) is 7.23. The van der Waals surface area contributed by atoms with Crippen molar-refractivity contribution in [3.8, 4) is 0 Å². The molecule has 0 aliphatic carbocycles. The highest BCUT2D eigenvalue weighted by Crippen LogP contribution is 2.23. The molecule has 0 aliphatic rings. The Morgan fingerprint density at radius 2 is 1.84 bits per heavy atom.